The average molecular weight is 196 g/mol. The van der Waals surface area contributed by atoms with Gasteiger partial charge in [-0.25, -0.2) is 5.10 Å². The Kier molecular flexibility index (Phi) is 1.96. The molecule has 0 saturated carbocycles. The zero-order valence-corrected chi connectivity index (χ0v) is 7.08. The predicted molar refractivity (Wildman–Crippen MR) is 44.2 cm³/mol. The first kappa shape index (κ1) is 7.80. The van der Waals surface area contributed by atoms with Gasteiger partial charge in [0.15, 0.2) is 5.69 Å². The lowest BCUT2D eigenvalue weighted by atomic mass is 10.5. The molecule has 0 bridgehead atoms. The Morgan fingerprint density at radius 2 is 2.54 bits per heavy atom. The van der Waals surface area contributed by atoms with Crippen LogP contribution in [0.25, 0.3) is 0 Å². The van der Waals surface area contributed by atoms with Crippen molar-refractivity contribution in [2.75, 3.05) is 5.32 Å². The SMILES string of the molecule is O=C(Nc1ncn[nH]1)c1csnn1. The van der Waals surface area contributed by atoms with Crippen LogP contribution in [0.2, 0.25) is 0 Å². The van der Waals surface area contributed by atoms with Crippen LogP contribution in [-0.4, -0.2) is 30.7 Å². The Balaban J connectivity index is 2.08. The van der Waals surface area contributed by atoms with Crippen molar-refractivity contribution < 1.29 is 4.79 Å². The molecule has 1 amide bonds. The molecule has 8 heteroatoms. The molecule has 2 N–H and O–H groups in total. The van der Waals surface area contributed by atoms with E-state index < -0.39 is 0 Å². The lowest BCUT2D eigenvalue weighted by Crippen LogP contribution is -2.13. The van der Waals surface area contributed by atoms with E-state index in [-0.39, 0.29) is 17.5 Å². The van der Waals surface area contributed by atoms with E-state index in [1.165, 1.54) is 6.33 Å². The molecule has 0 spiro atoms. The first-order valence-corrected chi connectivity index (χ1v) is 4.13. The molecular weight excluding hydrogens is 192 g/mol. The molecule has 0 radical (unpaired) electrons. The van der Waals surface area contributed by atoms with Crippen LogP contribution in [0.5, 0.6) is 0 Å². The molecule has 66 valence electrons. The van der Waals surface area contributed by atoms with Crippen molar-refractivity contribution >= 4 is 23.4 Å². The van der Waals surface area contributed by atoms with Crippen LogP contribution in [-0.2, 0) is 0 Å². The Hall–Kier alpha value is -1.83. The second-order valence-electron chi connectivity index (χ2n) is 2.08. The molecule has 13 heavy (non-hydrogen) atoms. The number of hydrogen-bond acceptors (Lipinski definition) is 6. The van der Waals surface area contributed by atoms with E-state index in [0.717, 1.165) is 11.5 Å². The highest BCUT2D eigenvalue weighted by atomic mass is 32.1. The van der Waals surface area contributed by atoms with Gasteiger partial charge in [-0.1, -0.05) is 4.49 Å². The quantitative estimate of drug-likeness (QED) is 0.699. The third kappa shape index (κ3) is 1.67. The molecule has 2 heterocycles. The number of aromatic amines is 1. The van der Waals surface area contributed by atoms with Crippen LogP contribution in [0.4, 0.5) is 5.95 Å². The summed E-state index contributed by atoms with van der Waals surface area (Å²) in [5.74, 6) is -0.0662. The third-order valence-electron chi connectivity index (χ3n) is 1.24. The van der Waals surface area contributed by atoms with E-state index in [1.54, 1.807) is 5.38 Å². The summed E-state index contributed by atoms with van der Waals surface area (Å²) < 4.78 is 3.56. The smallest absolute Gasteiger partial charge is 0.279 e. The summed E-state index contributed by atoms with van der Waals surface area (Å²) in [5, 5.41) is 13.7. The third-order valence-corrected chi connectivity index (χ3v) is 1.74. The molecule has 7 nitrogen and oxygen atoms in total. The van der Waals surface area contributed by atoms with Gasteiger partial charge in [0.1, 0.15) is 6.33 Å². The topological polar surface area (TPSA) is 96.5 Å². The van der Waals surface area contributed by atoms with Crippen LogP contribution >= 0.6 is 11.5 Å². The molecule has 2 aromatic rings. The van der Waals surface area contributed by atoms with Crippen molar-refractivity contribution in [1.29, 1.82) is 0 Å². The number of hydrogen-bond donors (Lipinski definition) is 2. The maximum absolute atomic E-state index is 11.3. The fraction of sp³-hybridized carbons (Fsp3) is 0. The molecule has 0 aliphatic carbocycles. The number of carbonyl (C=O) groups is 1. The normalized spacial score (nSPS) is 9.85. The van der Waals surface area contributed by atoms with E-state index in [2.05, 4.69) is 30.1 Å². The number of nitrogens with one attached hydrogen (secondary N) is 2. The average Bonchev–Trinajstić information content (AvgIpc) is 2.74. The van der Waals surface area contributed by atoms with E-state index in [1.807, 2.05) is 0 Å². The standard InChI is InChI=1S/C5H4N6OS/c12-4(3-1-13-11-9-3)8-5-6-2-7-10-5/h1-2H,(H2,6,7,8,10,12). The molecular formula is C5H4N6OS. The zero-order chi connectivity index (χ0) is 9.10. The van der Waals surface area contributed by atoms with E-state index in [0.29, 0.717) is 0 Å². The Bertz CT molecular complexity index is 381. The predicted octanol–water partition coefficient (Wildman–Crippen LogP) is -0.0915. The zero-order valence-electron chi connectivity index (χ0n) is 6.26. The van der Waals surface area contributed by atoms with Gasteiger partial charge in [0.25, 0.3) is 5.91 Å². The van der Waals surface area contributed by atoms with Gasteiger partial charge in [-0.05, 0) is 11.5 Å². The van der Waals surface area contributed by atoms with Crippen LogP contribution in [0.15, 0.2) is 11.7 Å². The summed E-state index contributed by atoms with van der Waals surface area (Å²) in [5.41, 5.74) is 0.265. The second kappa shape index (κ2) is 3.27. The minimum Gasteiger partial charge on any atom is -0.289 e. The van der Waals surface area contributed by atoms with Crippen molar-refractivity contribution in [3.63, 3.8) is 0 Å². The van der Waals surface area contributed by atoms with Gasteiger partial charge < -0.3 is 0 Å². The molecule has 0 atom stereocenters. The van der Waals surface area contributed by atoms with Gasteiger partial charge in [0.2, 0.25) is 5.95 Å². The number of carbonyl (C=O) groups excluding carboxylic acids is 1. The largest absolute Gasteiger partial charge is 0.289 e. The summed E-state index contributed by atoms with van der Waals surface area (Å²) in [6.07, 6.45) is 1.30. The van der Waals surface area contributed by atoms with Crippen molar-refractivity contribution in [1.82, 2.24) is 24.8 Å². The molecule has 0 fully saturated rings. The number of anilines is 1. The first-order chi connectivity index (χ1) is 6.36. The Morgan fingerprint density at radius 1 is 1.62 bits per heavy atom. The molecule has 0 aliphatic heterocycles. The maximum Gasteiger partial charge on any atom is 0.279 e. The van der Waals surface area contributed by atoms with Gasteiger partial charge in [-0.3, -0.25) is 10.1 Å². The minimum atomic E-state index is -0.356. The van der Waals surface area contributed by atoms with E-state index in [9.17, 15) is 4.79 Å². The van der Waals surface area contributed by atoms with Crippen molar-refractivity contribution in [3.8, 4) is 0 Å². The van der Waals surface area contributed by atoms with Crippen LogP contribution in [0.3, 0.4) is 0 Å². The monoisotopic (exact) mass is 196 g/mol. The second-order valence-corrected chi connectivity index (χ2v) is 2.69. The molecule has 2 aromatic heterocycles. The van der Waals surface area contributed by atoms with Crippen LogP contribution in [0, 0.1) is 0 Å². The van der Waals surface area contributed by atoms with Gasteiger partial charge >= 0.3 is 0 Å². The summed E-state index contributed by atoms with van der Waals surface area (Å²) in [6.45, 7) is 0. The number of nitrogens with zero attached hydrogens (tertiary/aromatic N) is 4. The Labute approximate surface area is 76.4 Å². The highest BCUT2D eigenvalue weighted by Gasteiger charge is 2.09. The van der Waals surface area contributed by atoms with Crippen LogP contribution < -0.4 is 5.32 Å². The lowest BCUT2D eigenvalue weighted by Gasteiger charge is -1.94. The van der Waals surface area contributed by atoms with Gasteiger partial charge in [-0.15, -0.1) is 5.10 Å². The van der Waals surface area contributed by atoms with Gasteiger partial charge in [-0.2, -0.15) is 10.1 Å². The van der Waals surface area contributed by atoms with Gasteiger partial charge in [0.05, 0.1) is 0 Å². The summed E-state index contributed by atoms with van der Waals surface area (Å²) in [4.78, 5) is 15.0. The molecule has 0 unspecified atom stereocenters. The van der Waals surface area contributed by atoms with Gasteiger partial charge in [0, 0.05) is 5.38 Å². The fourth-order valence-corrected chi connectivity index (χ4v) is 1.14. The summed E-state index contributed by atoms with van der Waals surface area (Å²) in [6, 6.07) is 0. The molecule has 0 aromatic carbocycles. The minimum absolute atomic E-state index is 0.265. The highest BCUT2D eigenvalue weighted by Crippen LogP contribution is 2.00. The van der Waals surface area contributed by atoms with Crippen molar-refractivity contribution in [3.05, 3.63) is 17.4 Å². The lowest BCUT2D eigenvalue weighted by molar-refractivity contribution is 0.102. The summed E-state index contributed by atoms with van der Waals surface area (Å²) >= 11 is 1.11. The molecule has 0 aliphatic rings. The van der Waals surface area contributed by atoms with Crippen LogP contribution in [0.1, 0.15) is 10.5 Å². The highest BCUT2D eigenvalue weighted by molar-refractivity contribution is 7.03. The number of aromatic nitrogens is 5. The Morgan fingerprint density at radius 3 is 3.15 bits per heavy atom. The maximum atomic E-state index is 11.3. The number of rotatable bonds is 2. The summed E-state index contributed by atoms with van der Waals surface area (Å²) in [7, 11) is 0. The number of H-pyrrole nitrogens is 1. The van der Waals surface area contributed by atoms with Crippen molar-refractivity contribution in [2.24, 2.45) is 0 Å². The molecule has 0 saturated heterocycles. The van der Waals surface area contributed by atoms with Crippen molar-refractivity contribution in [2.45, 2.75) is 0 Å². The van der Waals surface area contributed by atoms with E-state index in [4.69, 9.17) is 0 Å². The first-order valence-electron chi connectivity index (χ1n) is 3.30. The number of amides is 1. The molecule has 2 rings (SSSR count). The van der Waals surface area contributed by atoms with E-state index >= 15 is 0 Å². The fourth-order valence-electron chi connectivity index (χ4n) is 0.701.